The zero-order valence-electron chi connectivity index (χ0n) is 14.5. The fraction of sp³-hybridized carbons (Fsp3) is 0.200. The molecule has 27 heavy (non-hydrogen) atoms. The van der Waals surface area contributed by atoms with Gasteiger partial charge in [0, 0.05) is 30.2 Å². The van der Waals surface area contributed by atoms with Crippen molar-refractivity contribution in [1.82, 2.24) is 10.3 Å². The molecule has 1 atom stereocenters. The van der Waals surface area contributed by atoms with Gasteiger partial charge in [-0.15, -0.1) is 0 Å². The zero-order valence-corrected chi connectivity index (χ0v) is 15.2. The number of pyridine rings is 1. The van der Waals surface area contributed by atoms with Crippen LogP contribution in [0.2, 0.25) is 5.15 Å². The first-order valence-corrected chi connectivity index (χ1v) is 9.09. The van der Waals surface area contributed by atoms with E-state index in [2.05, 4.69) is 20.5 Å². The summed E-state index contributed by atoms with van der Waals surface area (Å²) in [5.74, 6) is 0.468. The van der Waals surface area contributed by atoms with Crippen LogP contribution in [0.4, 0.5) is 20.7 Å². The number of urea groups is 1. The molecule has 2 N–H and O–H groups in total. The van der Waals surface area contributed by atoms with Crippen LogP contribution in [-0.2, 0) is 0 Å². The van der Waals surface area contributed by atoms with Gasteiger partial charge in [0.05, 0.1) is 0 Å². The van der Waals surface area contributed by atoms with E-state index in [4.69, 9.17) is 11.6 Å². The van der Waals surface area contributed by atoms with Crippen LogP contribution in [0.5, 0.6) is 0 Å². The van der Waals surface area contributed by atoms with Gasteiger partial charge in [-0.3, -0.25) is 0 Å². The molecule has 0 spiro atoms. The topological polar surface area (TPSA) is 57.3 Å². The molecule has 1 aliphatic heterocycles. The van der Waals surface area contributed by atoms with Crippen LogP contribution in [-0.4, -0.2) is 30.1 Å². The van der Waals surface area contributed by atoms with Gasteiger partial charge in [0.1, 0.15) is 16.8 Å². The van der Waals surface area contributed by atoms with E-state index in [9.17, 15) is 9.18 Å². The van der Waals surface area contributed by atoms with E-state index >= 15 is 0 Å². The molecule has 0 saturated carbocycles. The van der Waals surface area contributed by atoms with E-state index in [-0.39, 0.29) is 17.9 Å². The molecule has 5 nitrogen and oxygen atoms in total. The predicted octanol–water partition coefficient (Wildman–Crippen LogP) is 4.43. The van der Waals surface area contributed by atoms with E-state index in [1.165, 1.54) is 24.3 Å². The number of aromatic nitrogens is 1. The van der Waals surface area contributed by atoms with Crippen molar-refractivity contribution in [2.45, 2.75) is 12.5 Å². The smallest absolute Gasteiger partial charge is 0.319 e. The number of fused-ring (bicyclic) bond motifs is 1. The summed E-state index contributed by atoms with van der Waals surface area (Å²) >= 11 is 6.32. The zero-order chi connectivity index (χ0) is 18.8. The van der Waals surface area contributed by atoms with Gasteiger partial charge in [0.2, 0.25) is 0 Å². The highest BCUT2D eigenvalue weighted by Crippen LogP contribution is 2.28. The Morgan fingerprint density at radius 3 is 2.78 bits per heavy atom. The van der Waals surface area contributed by atoms with E-state index in [1.54, 1.807) is 0 Å². The largest absolute Gasteiger partial charge is 0.354 e. The molecular weight excluding hydrogens is 367 g/mol. The van der Waals surface area contributed by atoms with Gasteiger partial charge in [0.25, 0.3) is 0 Å². The summed E-state index contributed by atoms with van der Waals surface area (Å²) in [5, 5.41) is 8.11. The third-order valence-corrected chi connectivity index (χ3v) is 4.92. The van der Waals surface area contributed by atoms with Gasteiger partial charge in [-0.25, -0.2) is 14.2 Å². The predicted molar refractivity (Wildman–Crippen MR) is 106 cm³/mol. The Morgan fingerprint density at radius 1 is 1.19 bits per heavy atom. The van der Waals surface area contributed by atoms with Crippen molar-refractivity contribution in [2.24, 2.45) is 0 Å². The fourth-order valence-corrected chi connectivity index (χ4v) is 3.54. The molecule has 0 radical (unpaired) electrons. The highest BCUT2D eigenvalue weighted by atomic mass is 35.5. The van der Waals surface area contributed by atoms with Crippen molar-refractivity contribution >= 4 is 39.9 Å². The van der Waals surface area contributed by atoms with Crippen LogP contribution in [0, 0.1) is 5.82 Å². The first kappa shape index (κ1) is 17.5. The number of nitrogens with zero attached hydrogens (tertiary/aromatic N) is 2. The summed E-state index contributed by atoms with van der Waals surface area (Å²) in [6.45, 7) is 1.43. The first-order valence-electron chi connectivity index (χ1n) is 8.72. The minimum absolute atomic E-state index is 0.00232. The SMILES string of the molecule is O=C(Nc1ccc(F)cc1)NC1CCN(c2cc3ccccc3c(Cl)n2)C1. The average molecular weight is 385 g/mol. The molecule has 0 bridgehead atoms. The normalized spacial score (nSPS) is 16.5. The quantitative estimate of drug-likeness (QED) is 0.657. The van der Waals surface area contributed by atoms with Crippen molar-refractivity contribution in [3.8, 4) is 0 Å². The van der Waals surface area contributed by atoms with Crippen LogP contribution in [0.1, 0.15) is 6.42 Å². The Kier molecular flexibility index (Phi) is 4.81. The highest BCUT2D eigenvalue weighted by Gasteiger charge is 2.25. The van der Waals surface area contributed by atoms with Crippen LogP contribution in [0.15, 0.2) is 54.6 Å². The number of carbonyl (C=O) groups is 1. The Hall–Kier alpha value is -2.86. The molecular formula is C20H18ClFN4O. The molecule has 4 rings (SSSR count). The van der Waals surface area contributed by atoms with Crippen molar-refractivity contribution < 1.29 is 9.18 Å². The Labute approximate surface area is 161 Å². The van der Waals surface area contributed by atoms with E-state index < -0.39 is 0 Å². The van der Waals surface area contributed by atoms with Gasteiger partial charge in [-0.1, -0.05) is 35.9 Å². The van der Waals surface area contributed by atoms with Crippen LogP contribution in [0.3, 0.4) is 0 Å². The van der Waals surface area contributed by atoms with Crippen LogP contribution in [0.25, 0.3) is 10.8 Å². The van der Waals surface area contributed by atoms with Gasteiger partial charge >= 0.3 is 6.03 Å². The molecule has 2 amide bonds. The monoisotopic (exact) mass is 384 g/mol. The number of amides is 2. The van der Waals surface area contributed by atoms with Crippen molar-refractivity contribution in [1.29, 1.82) is 0 Å². The number of benzene rings is 2. The maximum Gasteiger partial charge on any atom is 0.319 e. The number of hydrogen-bond donors (Lipinski definition) is 2. The molecule has 2 aromatic carbocycles. The summed E-state index contributed by atoms with van der Waals surface area (Å²) in [4.78, 5) is 18.8. The second-order valence-corrected chi connectivity index (χ2v) is 6.89. The van der Waals surface area contributed by atoms with Crippen LogP contribution >= 0.6 is 11.6 Å². The van der Waals surface area contributed by atoms with Crippen molar-refractivity contribution in [3.63, 3.8) is 0 Å². The number of halogens is 2. The average Bonchev–Trinajstić information content (AvgIpc) is 3.12. The van der Waals surface area contributed by atoms with Gasteiger partial charge < -0.3 is 15.5 Å². The summed E-state index contributed by atoms with van der Waals surface area (Å²) in [5.41, 5.74) is 0.548. The number of hydrogen-bond acceptors (Lipinski definition) is 3. The van der Waals surface area contributed by atoms with Crippen LogP contribution < -0.4 is 15.5 Å². The van der Waals surface area contributed by atoms with Gasteiger partial charge in [-0.2, -0.15) is 0 Å². The van der Waals surface area contributed by atoms with Crippen molar-refractivity contribution in [3.05, 3.63) is 65.6 Å². The van der Waals surface area contributed by atoms with E-state index in [0.717, 1.165) is 29.6 Å². The maximum atomic E-state index is 12.9. The molecule has 1 aromatic heterocycles. The second kappa shape index (κ2) is 7.40. The minimum atomic E-state index is -0.339. The maximum absolute atomic E-state index is 12.9. The Balaban J connectivity index is 1.40. The highest BCUT2D eigenvalue weighted by molar-refractivity contribution is 6.34. The summed E-state index contributed by atoms with van der Waals surface area (Å²) in [6.07, 6.45) is 0.808. The number of anilines is 2. The molecule has 1 aliphatic rings. The lowest BCUT2D eigenvalue weighted by Gasteiger charge is -2.19. The lowest BCUT2D eigenvalue weighted by atomic mass is 10.2. The lowest BCUT2D eigenvalue weighted by Crippen LogP contribution is -2.39. The lowest BCUT2D eigenvalue weighted by molar-refractivity contribution is 0.249. The molecule has 0 aliphatic carbocycles. The first-order chi connectivity index (χ1) is 13.1. The van der Waals surface area contributed by atoms with Gasteiger partial charge in [-0.05, 0) is 42.1 Å². The fourth-order valence-electron chi connectivity index (χ4n) is 3.28. The molecule has 1 fully saturated rings. The standard InChI is InChI=1S/C20H18ClFN4O/c21-19-17-4-2-1-3-13(17)11-18(25-19)26-10-9-16(12-26)24-20(27)23-15-7-5-14(22)6-8-15/h1-8,11,16H,9-10,12H2,(H2,23,24,27). The Morgan fingerprint density at radius 2 is 1.96 bits per heavy atom. The third kappa shape index (κ3) is 3.95. The second-order valence-electron chi connectivity index (χ2n) is 6.53. The Bertz CT molecular complexity index is 979. The molecule has 3 aromatic rings. The third-order valence-electron chi connectivity index (χ3n) is 4.63. The summed E-state index contributed by atoms with van der Waals surface area (Å²) in [6, 6.07) is 15.2. The van der Waals surface area contributed by atoms with E-state index in [0.29, 0.717) is 17.4 Å². The molecule has 2 heterocycles. The minimum Gasteiger partial charge on any atom is -0.354 e. The summed E-state index contributed by atoms with van der Waals surface area (Å²) in [7, 11) is 0. The number of rotatable bonds is 3. The van der Waals surface area contributed by atoms with Crippen molar-refractivity contribution in [2.75, 3.05) is 23.3 Å². The van der Waals surface area contributed by atoms with Gasteiger partial charge in [0.15, 0.2) is 0 Å². The molecule has 7 heteroatoms. The number of carbonyl (C=O) groups excluding carboxylic acids is 1. The molecule has 1 unspecified atom stereocenters. The van der Waals surface area contributed by atoms with E-state index in [1.807, 2.05) is 30.3 Å². The molecule has 1 saturated heterocycles. The summed E-state index contributed by atoms with van der Waals surface area (Å²) < 4.78 is 12.9. The number of nitrogens with one attached hydrogen (secondary N) is 2. The molecule has 138 valence electrons.